The van der Waals surface area contributed by atoms with Crippen LogP contribution in [0.25, 0.3) is 11.2 Å². The molecule has 1 fully saturated rings. The standard InChI is InChI=1S/C12H17N5O3/c1-16-6-17(8-3-2-7(20-8)4-5-18)10-9(16)11(19)15-12(13)14-10/h6-8,18H,2-5H2,1H3,(H2-,13,14,15,19)/p+1/t7-,8+/m0/s1. The van der Waals surface area contributed by atoms with Crippen molar-refractivity contribution in [2.45, 2.75) is 31.6 Å². The smallest absolute Gasteiger partial charge is 0.313 e. The lowest BCUT2D eigenvalue weighted by molar-refractivity contribution is -0.739. The molecule has 3 heterocycles. The summed E-state index contributed by atoms with van der Waals surface area (Å²) in [5, 5.41) is 8.97. The van der Waals surface area contributed by atoms with E-state index in [1.54, 1.807) is 17.9 Å². The quantitative estimate of drug-likeness (QED) is 0.637. The number of aliphatic hydroxyl groups is 1. The second-order valence-corrected chi connectivity index (χ2v) is 5.06. The molecule has 1 aliphatic heterocycles. The maximum Gasteiger partial charge on any atom is 0.313 e. The molecule has 0 radical (unpaired) electrons. The molecule has 0 bridgehead atoms. The second kappa shape index (κ2) is 4.88. The van der Waals surface area contributed by atoms with E-state index < -0.39 is 0 Å². The van der Waals surface area contributed by atoms with Crippen LogP contribution in [0, 0.1) is 0 Å². The van der Waals surface area contributed by atoms with Crippen LogP contribution in [0.1, 0.15) is 25.5 Å². The summed E-state index contributed by atoms with van der Waals surface area (Å²) >= 11 is 0. The fraction of sp³-hybridized carbons (Fsp3) is 0.583. The first-order chi connectivity index (χ1) is 9.60. The van der Waals surface area contributed by atoms with E-state index >= 15 is 0 Å². The number of nitrogens with two attached hydrogens (primary N) is 1. The molecule has 20 heavy (non-hydrogen) atoms. The number of H-pyrrole nitrogens is 1. The fourth-order valence-electron chi connectivity index (χ4n) is 2.73. The molecule has 2 aromatic rings. The van der Waals surface area contributed by atoms with Gasteiger partial charge < -0.3 is 15.6 Å². The van der Waals surface area contributed by atoms with Crippen LogP contribution in [0.4, 0.5) is 5.95 Å². The molecule has 4 N–H and O–H groups in total. The number of hydrogen-bond acceptors (Lipinski definition) is 5. The van der Waals surface area contributed by atoms with E-state index in [1.807, 2.05) is 4.57 Å². The van der Waals surface area contributed by atoms with Crippen LogP contribution in [0.15, 0.2) is 11.1 Å². The monoisotopic (exact) mass is 280 g/mol. The molecule has 0 amide bonds. The van der Waals surface area contributed by atoms with Gasteiger partial charge in [-0.1, -0.05) is 4.98 Å². The van der Waals surface area contributed by atoms with Gasteiger partial charge in [-0.2, -0.15) is 0 Å². The first-order valence-corrected chi connectivity index (χ1v) is 6.62. The Balaban J connectivity index is 2.03. The number of aryl methyl sites for hydroxylation is 1. The van der Waals surface area contributed by atoms with E-state index in [0.29, 0.717) is 17.6 Å². The SMILES string of the molecule is Cn1c[n+]([C@H]2CC[C@@H](CCO)O2)c2nc(N)[nH]c(=O)c21. The lowest BCUT2D eigenvalue weighted by atomic mass is 10.2. The molecular weight excluding hydrogens is 262 g/mol. The Kier molecular flexibility index (Phi) is 3.19. The number of hydrogen-bond donors (Lipinski definition) is 3. The summed E-state index contributed by atoms with van der Waals surface area (Å²) in [4.78, 5) is 18.6. The van der Waals surface area contributed by atoms with Crippen LogP contribution in [0.2, 0.25) is 0 Å². The summed E-state index contributed by atoms with van der Waals surface area (Å²) in [6.45, 7) is 0.114. The van der Waals surface area contributed by atoms with Crippen molar-refractivity contribution in [3.05, 3.63) is 16.7 Å². The molecule has 0 unspecified atom stereocenters. The summed E-state index contributed by atoms with van der Waals surface area (Å²) in [7, 11) is 1.78. The van der Waals surface area contributed by atoms with Crippen molar-refractivity contribution in [3.63, 3.8) is 0 Å². The van der Waals surface area contributed by atoms with Crippen molar-refractivity contribution in [1.82, 2.24) is 14.5 Å². The van der Waals surface area contributed by atoms with Crippen LogP contribution in [0.3, 0.4) is 0 Å². The van der Waals surface area contributed by atoms with E-state index in [-0.39, 0.29) is 30.4 Å². The Hall–Kier alpha value is -1.93. The molecule has 108 valence electrons. The minimum atomic E-state index is -0.265. The van der Waals surface area contributed by atoms with Crippen LogP contribution in [0.5, 0.6) is 0 Å². The lowest BCUT2D eigenvalue weighted by Gasteiger charge is -2.10. The van der Waals surface area contributed by atoms with Gasteiger partial charge in [-0.25, -0.2) is 4.57 Å². The fourth-order valence-corrected chi connectivity index (χ4v) is 2.73. The molecule has 8 nitrogen and oxygen atoms in total. The minimum Gasteiger partial charge on any atom is -0.396 e. The first-order valence-electron chi connectivity index (χ1n) is 6.62. The number of nitrogen functional groups attached to an aromatic ring is 1. The number of fused-ring (bicyclic) bond motifs is 1. The number of anilines is 1. The van der Waals surface area contributed by atoms with Crippen molar-refractivity contribution in [3.8, 4) is 0 Å². The molecular formula is C12H18N5O3+. The van der Waals surface area contributed by atoms with E-state index in [9.17, 15) is 4.79 Å². The normalized spacial score (nSPS) is 22.7. The summed E-state index contributed by atoms with van der Waals surface area (Å²) < 4.78 is 9.43. The molecule has 0 saturated carbocycles. The number of aliphatic hydroxyl groups excluding tert-OH is 1. The third kappa shape index (κ3) is 2.06. The summed E-state index contributed by atoms with van der Waals surface area (Å²) in [6.07, 6.45) is 3.99. The van der Waals surface area contributed by atoms with Gasteiger partial charge in [0.15, 0.2) is 12.6 Å². The highest BCUT2D eigenvalue weighted by molar-refractivity contribution is 5.66. The lowest BCUT2D eigenvalue weighted by Crippen LogP contribution is -2.39. The van der Waals surface area contributed by atoms with Gasteiger partial charge in [0.25, 0.3) is 11.5 Å². The van der Waals surface area contributed by atoms with E-state index in [1.165, 1.54) is 0 Å². The first kappa shape index (κ1) is 13.1. The van der Waals surface area contributed by atoms with E-state index in [0.717, 1.165) is 12.8 Å². The Labute approximate surface area is 114 Å². The van der Waals surface area contributed by atoms with Gasteiger partial charge in [0.2, 0.25) is 5.52 Å². The molecule has 0 aliphatic carbocycles. The van der Waals surface area contributed by atoms with Crippen LogP contribution in [-0.2, 0) is 11.8 Å². The van der Waals surface area contributed by atoms with Gasteiger partial charge in [-0.3, -0.25) is 14.3 Å². The predicted octanol–water partition coefficient (Wildman–Crippen LogP) is -0.809. The highest BCUT2D eigenvalue weighted by Crippen LogP contribution is 2.26. The molecule has 0 spiro atoms. The van der Waals surface area contributed by atoms with Gasteiger partial charge in [0, 0.05) is 13.0 Å². The zero-order chi connectivity index (χ0) is 14.3. The Morgan fingerprint density at radius 1 is 1.65 bits per heavy atom. The summed E-state index contributed by atoms with van der Waals surface area (Å²) in [5.74, 6) is 0.0901. The third-order valence-corrected chi connectivity index (χ3v) is 3.64. The van der Waals surface area contributed by atoms with Gasteiger partial charge >= 0.3 is 5.65 Å². The van der Waals surface area contributed by atoms with Gasteiger partial charge in [-0.05, 0) is 12.8 Å². The van der Waals surface area contributed by atoms with Gasteiger partial charge in [0.05, 0.1) is 13.2 Å². The van der Waals surface area contributed by atoms with Crippen molar-refractivity contribution >= 4 is 17.1 Å². The Bertz CT molecular complexity index is 692. The van der Waals surface area contributed by atoms with Crippen molar-refractivity contribution in [2.24, 2.45) is 7.05 Å². The number of rotatable bonds is 3. The van der Waals surface area contributed by atoms with Crippen molar-refractivity contribution in [1.29, 1.82) is 0 Å². The molecule has 0 aromatic carbocycles. The number of ether oxygens (including phenoxy) is 1. The number of aromatic nitrogens is 4. The third-order valence-electron chi connectivity index (χ3n) is 3.64. The van der Waals surface area contributed by atoms with Crippen LogP contribution < -0.4 is 15.9 Å². The number of aromatic amines is 1. The molecule has 2 atom stereocenters. The van der Waals surface area contributed by atoms with E-state index in [2.05, 4.69) is 9.97 Å². The average molecular weight is 280 g/mol. The minimum absolute atomic E-state index is 0.0482. The zero-order valence-corrected chi connectivity index (χ0v) is 11.2. The van der Waals surface area contributed by atoms with Crippen molar-refractivity contribution in [2.75, 3.05) is 12.3 Å². The second-order valence-electron chi connectivity index (χ2n) is 5.06. The Morgan fingerprint density at radius 2 is 2.45 bits per heavy atom. The maximum atomic E-state index is 11.9. The largest absolute Gasteiger partial charge is 0.396 e. The maximum absolute atomic E-state index is 11.9. The van der Waals surface area contributed by atoms with E-state index in [4.69, 9.17) is 15.6 Å². The number of imidazole rings is 1. The number of nitrogens with one attached hydrogen (secondary N) is 1. The highest BCUT2D eigenvalue weighted by Gasteiger charge is 2.32. The van der Waals surface area contributed by atoms with Gasteiger partial charge in [-0.15, -0.1) is 0 Å². The summed E-state index contributed by atoms with van der Waals surface area (Å²) in [5.41, 5.74) is 6.33. The van der Waals surface area contributed by atoms with Crippen molar-refractivity contribution < 1.29 is 14.4 Å². The average Bonchev–Trinajstić information content (AvgIpc) is 2.95. The molecule has 1 saturated heterocycles. The molecule has 3 rings (SSSR count). The zero-order valence-electron chi connectivity index (χ0n) is 11.2. The molecule has 2 aromatic heterocycles. The predicted molar refractivity (Wildman–Crippen MR) is 70.8 cm³/mol. The van der Waals surface area contributed by atoms with Gasteiger partial charge in [0.1, 0.15) is 0 Å². The highest BCUT2D eigenvalue weighted by atomic mass is 16.5. The molecule has 8 heteroatoms. The number of nitrogens with zero attached hydrogens (tertiary/aromatic N) is 3. The van der Waals surface area contributed by atoms with Crippen LogP contribution in [-0.4, -0.2) is 32.4 Å². The summed E-state index contributed by atoms with van der Waals surface area (Å²) in [6, 6.07) is 0. The molecule has 1 aliphatic rings. The van der Waals surface area contributed by atoms with Crippen LogP contribution >= 0.6 is 0 Å². The topological polar surface area (TPSA) is 110 Å². The Morgan fingerprint density at radius 3 is 3.20 bits per heavy atom.